The Morgan fingerprint density at radius 2 is 1.93 bits per heavy atom. The lowest BCUT2D eigenvalue weighted by Gasteiger charge is -2.40. The van der Waals surface area contributed by atoms with E-state index < -0.39 is 5.41 Å². The Morgan fingerprint density at radius 3 is 2.59 bits per heavy atom. The first-order chi connectivity index (χ1) is 12.9. The van der Waals surface area contributed by atoms with E-state index in [9.17, 15) is 10.2 Å². The first-order valence-corrected chi connectivity index (χ1v) is 9.47. The van der Waals surface area contributed by atoms with Crippen molar-refractivity contribution in [1.82, 2.24) is 9.88 Å². The third kappa shape index (κ3) is 4.03. The van der Waals surface area contributed by atoms with Gasteiger partial charge in [0.25, 0.3) is 0 Å². The van der Waals surface area contributed by atoms with Crippen LogP contribution < -0.4 is 4.74 Å². The van der Waals surface area contributed by atoms with E-state index >= 15 is 0 Å². The summed E-state index contributed by atoms with van der Waals surface area (Å²) in [6.07, 6.45) is 1.81. The van der Waals surface area contributed by atoms with Gasteiger partial charge in [0.15, 0.2) is 0 Å². The van der Waals surface area contributed by atoms with Gasteiger partial charge in [-0.2, -0.15) is 0 Å². The van der Waals surface area contributed by atoms with Gasteiger partial charge in [0.05, 0.1) is 26.0 Å². The van der Waals surface area contributed by atoms with Crippen molar-refractivity contribution in [2.24, 2.45) is 5.41 Å². The number of rotatable bonds is 6. The molecular formula is C21H30N2O4. The smallest absolute Gasteiger partial charge is 0.226 e. The van der Waals surface area contributed by atoms with Crippen LogP contribution in [0.25, 0.3) is 11.5 Å². The van der Waals surface area contributed by atoms with Crippen molar-refractivity contribution in [3.8, 4) is 17.2 Å². The second-order valence-corrected chi connectivity index (χ2v) is 7.79. The molecule has 1 aromatic carbocycles. The zero-order chi connectivity index (χ0) is 19.6. The van der Waals surface area contributed by atoms with Gasteiger partial charge >= 0.3 is 0 Å². The first kappa shape index (κ1) is 19.9. The maximum absolute atomic E-state index is 9.70. The number of benzene rings is 1. The molecule has 0 atom stereocenters. The number of aryl methyl sites for hydroxylation is 3. The van der Waals surface area contributed by atoms with Gasteiger partial charge in [0.1, 0.15) is 11.5 Å². The fourth-order valence-electron chi connectivity index (χ4n) is 3.89. The minimum atomic E-state index is -0.414. The van der Waals surface area contributed by atoms with Gasteiger partial charge in [-0.15, -0.1) is 0 Å². The van der Waals surface area contributed by atoms with Crippen LogP contribution in [0.2, 0.25) is 0 Å². The lowest BCUT2D eigenvalue weighted by molar-refractivity contribution is -0.0136. The quantitative estimate of drug-likeness (QED) is 0.809. The molecule has 0 saturated carbocycles. The molecule has 148 valence electrons. The van der Waals surface area contributed by atoms with E-state index in [0.717, 1.165) is 53.3 Å². The molecule has 0 radical (unpaired) electrons. The molecule has 2 heterocycles. The Labute approximate surface area is 160 Å². The van der Waals surface area contributed by atoms with Gasteiger partial charge in [0, 0.05) is 24.1 Å². The summed E-state index contributed by atoms with van der Waals surface area (Å²) < 4.78 is 11.4. The van der Waals surface area contributed by atoms with Crippen molar-refractivity contribution < 1.29 is 19.4 Å². The second-order valence-electron chi connectivity index (χ2n) is 7.79. The highest BCUT2D eigenvalue weighted by atomic mass is 16.5. The Morgan fingerprint density at radius 1 is 1.19 bits per heavy atom. The minimum Gasteiger partial charge on any atom is -0.496 e. The Kier molecular flexibility index (Phi) is 5.89. The summed E-state index contributed by atoms with van der Waals surface area (Å²) in [5, 5.41) is 19.4. The zero-order valence-electron chi connectivity index (χ0n) is 16.7. The number of aliphatic hydroxyl groups is 2. The normalized spacial score (nSPS) is 17.3. The Bertz CT molecular complexity index is 796. The van der Waals surface area contributed by atoms with Crippen LogP contribution in [0.4, 0.5) is 0 Å². The molecule has 1 aromatic heterocycles. The van der Waals surface area contributed by atoms with E-state index in [1.165, 1.54) is 0 Å². The topological polar surface area (TPSA) is 79.0 Å². The van der Waals surface area contributed by atoms with Gasteiger partial charge in [-0.05, 0) is 63.4 Å². The minimum absolute atomic E-state index is 0.00731. The lowest BCUT2D eigenvalue weighted by Crippen LogP contribution is -2.47. The number of hydrogen-bond acceptors (Lipinski definition) is 6. The van der Waals surface area contributed by atoms with Crippen molar-refractivity contribution in [2.45, 2.75) is 40.2 Å². The average Bonchev–Trinajstić information content (AvgIpc) is 3.03. The van der Waals surface area contributed by atoms with Crippen LogP contribution in [0.3, 0.4) is 0 Å². The summed E-state index contributed by atoms with van der Waals surface area (Å²) in [7, 11) is 1.67. The van der Waals surface area contributed by atoms with Crippen LogP contribution in [0.1, 0.15) is 35.4 Å². The number of likely N-dealkylation sites (tertiary alicyclic amines) is 1. The SMILES string of the molecule is COc1cc(C)c(-c2nc(CN3CCCC(CO)(CO)C3)c(C)o2)cc1C. The summed E-state index contributed by atoms with van der Waals surface area (Å²) in [5.41, 5.74) is 3.57. The number of aromatic nitrogens is 1. The number of oxazole rings is 1. The maximum Gasteiger partial charge on any atom is 0.226 e. The molecular weight excluding hydrogens is 344 g/mol. The standard InChI is InChI=1S/C21H30N2O4/c1-14-9-19(26-4)15(2)8-17(14)20-22-18(16(3)27-20)10-23-7-5-6-21(11-23,12-24)13-25/h8-9,24-25H,5-7,10-13H2,1-4H3. The van der Waals surface area contributed by atoms with E-state index in [-0.39, 0.29) is 13.2 Å². The van der Waals surface area contributed by atoms with Crippen molar-refractivity contribution in [1.29, 1.82) is 0 Å². The molecule has 3 rings (SSSR count). The second kappa shape index (κ2) is 8.00. The number of ether oxygens (including phenoxy) is 1. The van der Waals surface area contributed by atoms with Crippen LogP contribution in [0.15, 0.2) is 16.5 Å². The van der Waals surface area contributed by atoms with E-state index in [1.807, 2.05) is 32.9 Å². The first-order valence-electron chi connectivity index (χ1n) is 9.47. The number of hydrogen-bond donors (Lipinski definition) is 2. The Balaban J connectivity index is 1.82. The fraction of sp³-hybridized carbons (Fsp3) is 0.571. The Hall–Kier alpha value is -1.89. The molecule has 2 N–H and O–H groups in total. The van der Waals surface area contributed by atoms with E-state index in [0.29, 0.717) is 19.0 Å². The van der Waals surface area contributed by atoms with Crippen LogP contribution in [0, 0.1) is 26.2 Å². The van der Waals surface area contributed by atoms with E-state index in [1.54, 1.807) is 7.11 Å². The van der Waals surface area contributed by atoms with Gasteiger partial charge in [0.2, 0.25) is 5.89 Å². The van der Waals surface area contributed by atoms with Crippen LogP contribution in [0.5, 0.6) is 5.75 Å². The third-order valence-corrected chi connectivity index (χ3v) is 5.65. The average molecular weight is 374 g/mol. The largest absolute Gasteiger partial charge is 0.496 e. The fourth-order valence-corrected chi connectivity index (χ4v) is 3.89. The molecule has 0 bridgehead atoms. The third-order valence-electron chi connectivity index (χ3n) is 5.65. The van der Waals surface area contributed by atoms with Crippen molar-refractivity contribution in [3.63, 3.8) is 0 Å². The van der Waals surface area contributed by atoms with Gasteiger partial charge in [-0.3, -0.25) is 4.90 Å². The van der Waals surface area contributed by atoms with Crippen LogP contribution in [-0.4, -0.2) is 53.5 Å². The molecule has 6 nitrogen and oxygen atoms in total. The lowest BCUT2D eigenvalue weighted by atomic mass is 9.81. The molecule has 1 aliphatic rings. The zero-order valence-corrected chi connectivity index (χ0v) is 16.7. The maximum atomic E-state index is 9.70. The van der Waals surface area contributed by atoms with Crippen molar-refractivity contribution in [3.05, 3.63) is 34.7 Å². The highest BCUT2D eigenvalue weighted by Gasteiger charge is 2.34. The number of piperidine rings is 1. The molecule has 0 spiro atoms. The van der Waals surface area contributed by atoms with Gasteiger partial charge in [-0.25, -0.2) is 4.98 Å². The van der Waals surface area contributed by atoms with E-state index in [4.69, 9.17) is 14.1 Å². The van der Waals surface area contributed by atoms with Crippen LogP contribution >= 0.6 is 0 Å². The predicted octanol–water partition coefficient (Wildman–Crippen LogP) is 2.84. The summed E-state index contributed by atoms with van der Waals surface area (Å²) in [6, 6.07) is 4.05. The summed E-state index contributed by atoms with van der Waals surface area (Å²) in [5.74, 6) is 2.29. The highest BCUT2D eigenvalue weighted by Crippen LogP contribution is 2.33. The predicted molar refractivity (Wildman–Crippen MR) is 104 cm³/mol. The number of methoxy groups -OCH3 is 1. The molecule has 6 heteroatoms. The van der Waals surface area contributed by atoms with Crippen molar-refractivity contribution >= 4 is 0 Å². The summed E-state index contributed by atoms with van der Waals surface area (Å²) in [4.78, 5) is 7.00. The van der Waals surface area contributed by atoms with Gasteiger partial charge in [-0.1, -0.05) is 0 Å². The summed E-state index contributed by atoms with van der Waals surface area (Å²) >= 11 is 0. The molecule has 1 aliphatic heterocycles. The van der Waals surface area contributed by atoms with Crippen molar-refractivity contribution in [2.75, 3.05) is 33.4 Å². The molecule has 27 heavy (non-hydrogen) atoms. The highest BCUT2D eigenvalue weighted by molar-refractivity contribution is 5.62. The number of aliphatic hydroxyl groups excluding tert-OH is 2. The molecule has 2 aromatic rings. The number of nitrogens with zero attached hydrogens (tertiary/aromatic N) is 2. The van der Waals surface area contributed by atoms with Gasteiger partial charge < -0.3 is 19.4 Å². The van der Waals surface area contributed by atoms with Crippen LogP contribution in [-0.2, 0) is 6.54 Å². The summed E-state index contributed by atoms with van der Waals surface area (Å²) in [6.45, 7) is 8.25. The monoisotopic (exact) mass is 374 g/mol. The molecule has 0 unspecified atom stereocenters. The molecule has 0 amide bonds. The molecule has 1 fully saturated rings. The molecule has 1 saturated heterocycles. The van der Waals surface area contributed by atoms with E-state index in [2.05, 4.69) is 4.90 Å². The molecule has 0 aliphatic carbocycles.